The first-order valence-electron chi connectivity index (χ1n) is 12.8. The Hall–Kier alpha value is -0.743. The molecule has 0 aromatic carbocycles. The van der Waals surface area contributed by atoms with Crippen LogP contribution < -0.4 is 0 Å². The van der Waals surface area contributed by atoms with E-state index in [0.717, 1.165) is 25.7 Å². The van der Waals surface area contributed by atoms with Gasteiger partial charge < -0.3 is 9.22 Å². The molecule has 3 nitrogen and oxygen atoms in total. The average molecular weight is 447 g/mol. The predicted molar refractivity (Wildman–Crippen MR) is 131 cm³/mol. The molecule has 0 radical (unpaired) electrons. The molecule has 0 N–H and O–H groups in total. The Bertz CT molecular complexity index is 689. The fourth-order valence-electron chi connectivity index (χ4n) is 8.19. The summed E-state index contributed by atoms with van der Waals surface area (Å²) in [6.07, 6.45) is 11.0. The van der Waals surface area contributed by atoms with Gasteiger partial charge in [0.2, 0.25) is 8.32 Å². The summed E-state index contributed by atoms with van der Waals surface area (Å²) in [5.41, 5.74) is 1.24. The first kappa shape index (κ1) is 24.9. The fourth-order valence-corrected chi connectivity index (χ4v) is 13.9. The van der Waals surface area contributed by atoms with Gasteiger partial charge >= 0.3 is 0 Å². The van der Waals surface area contributed by atoms with Gasteiger partial charge in [0.25, 0.3) is 0 Å². The summed E-state index contributed by atoms with van der Waals surface area (Å²) in [7, 11) is -1.95. The molecule has 0 aromatic heterocycles. The lowest BCUT2D eigenvalue weighted by molar-refractivity contribution is -0.145. The normalized spacial score (nSPS) is 38.9. The molecule has 0 saturated heterocycles. The highest BCUT2D eigenvalue weighted by atomic mass is 28.4. The summed E-state index contributed by atoms with van der Waals surface area (Å²) in [5.74, 6) is 1.25. The monoisotopic (exact) mass is 446 g/mol. The van der Waals surface area contributed by atoms with Gasteiger partial charge in [-0.15, -0.1) is 0 Å². The molecule has 2 fully saturated rings. The summed E-state index contributed by atoms with van der Waals surface area (Å²) >= 11 is 0. The molecule has 3 rings (SSSR count). The van der Waals surface area contributed by atoms with Crippen molar-refractivity contribution in [3.05, 3.63) is 12.2 Å². The second kappa shape index (κ2) is 8.89. The zero-order chi connectivity index (χ0) is 23.2. The standard InChI is InChI=1S/C27H46O3Si/c1-18(2)31(19(3)4,20(5)6)30-25-14-15-26(8)24(21(25)7)12-10-22-9-11-23(29)13-16-27(22,26)17-28/h10,12,17-22,24-25H,9,11,13-16H2,1-8H3/t21-,22-,24-,25-,26-,27-/m0/s1. The van der Waals surface area contributed by atoms with E-state index in [2.05, 4.69) is 67.5 Å². The average Bonchev–Trinajstić information content (AvgIpc) is 2.87. The summed E-state index contributed by atoms with van der Waals surface area (Å²) in [6, 6.07) is 0. The highest BCUT2D eigenvalue weighted by Gasteiger charge is 2.61. The van der Waals surface area contributed by atoms with Gasteiger partial charge in [-0.2, -0.15) is 0 Å². The number of aldehydes is 1. The van der Waals surface area contributed by atoms with Gasteiger partial charge in [-0.1, -0.05) is 67.5 Å². The SMILES string of the molecule is CC(C)[Si](O[C@H]1CC[C@@]2(C)[C@@H](C=C[C@@H]3CCC(=O)CC[C@]32C=O)[C@@H]1C)(C(C)C)C(C)C. The van der Waals surface area contributed by atoms with Crippen LogP contribution in [0.3, 0.4) is 0 Å². The lowest BCUT2D eigenvalue weighted by Gasteiger charge is -2.60. The van der Waals surface area contributed by atoms with Crippen molar-refractivity contribution in [2.24, 2.45) is 28.6 Å². The first-order valence-corrected chi connectivity index (χ1v) is 14.9. The van der Waals surface area contributed by atoms with Gasteiger partial charge in [-0.05, 0) is 65.5 Å². The van der Waals surface area contributed by atoms with E-state index in [4.69, 9.17) is 4.43 Å². The van der Waals surface area contributed by atoms with Crippen molar-refractivity contribution in [2.75, 3.05) is 0 Å². The Morgan fingerprint density at radius 1 is 1.00 bits per heavy atom. The van der Waals surface area contributed by atoms with Crippen LogP contribution >= 0.6 is 0 Å². The molecule has 176 valence electrons. The van der Waals surface area contributed by atoms with E-state index in [1.807, 2.05) is 0 Å². The summed E-state index contributed by atoms with van der Waals surface area (Å²) in [6.45, 7) is 18.9. The molecule has 0 spiro atoms. The summed E-state index contributed by atoms with van der Waals surface area (Å²) < 4.78 is 7.28. The number of Topliss-reactive ketones (excluding diaryl/α,β-unsaturated/α-hetero) is 1. The Balaban J connectivity index is 1.95. The highest BCUT2D eigenvalue weighted by molar-refractivity contribution is 6.77. The number of rotatable bonds is 6. The van der Waals surface area contributed by atoms with Crippen molar-refractivity contribution in [2.45, 2.75) is 117 Å². The van der Waals surface area contributed by atoms with Crippen molar-refractivity contribution in [1.82, 2.24) is 0 Å². The van der Waals surface area contributed by atoms with Crippen molar-refractivity contribution >= 4 is 20.4 Å². The largest absolute Gasteiger partial charge is 0.413 e. The minimum atomic E-state index is -1.95. The lowest BCUT2D eigenvalue weighted by Crippen LogP contribution is -2.59. The maximum Gasteiger partial charge on any atom is 0.200 e. The molecule has 3 aliphatic carbocycles. The maximum atomic E-state index is 12.8. The molecule has 4 heteroatoms. The molecule has 0 bridgehead atoms. The van der Waals surface area contributed by atoms with Crippen molar-refractivity contribution in [3.63, 3.8) is 0 Å². The van der Waals surface area contributed by atoms with Gasteiger partial charge in [0, 0.05) is 24.4 Å². The third-order valence-corrected chi connectivity index (χ3v) is 16.1. The van der Waals surface area contributed by atoms with Gasteiger partial charge in [-0.3, -0.25) is 4.79 Å². The zero-order valence-corrected chi connectivity index (χ0v) is 22.2. The highest BCUT2D eigenvalue weighted by Crippen LogP contribution is 2.64. The number of fused-ring (bicyclic) bond motifs is 3. The molecule has 0 heterocycles. The number of carbonyl (C=O) groups excluding carboxylic acids is 2. The smallest absolute Gasteiger partial charge is 0.200 e. The molecule has 31 heavy (non-hydrogen) atoms. The topological polar surface area (TPSA) is 43.4 Å². The number of hydrogen-bond donors (Lipinski definition) is 0. The minimum Gasteiger partial charge on any atom is -0.413 e. The van der Waals surface area contributed by atoms with Gasteiger partial charge in [0.05, 0.1) is 0 Å². The molecular weight excluding hydrogens is 400 g/mol. The molecule has 2 saturated carbocycles. The lowest BCUT2D eigenvalue weighted by atomic mass is 9.44. The second-order valence-electron chi connectivity index (χ2n) is 12.0. The van der Waals surface area contributed by atoms with Crippen molar-refractivity contribution in [3.8, 4) is 0 Å². The number of ketones is 1. The number of carbonyl (C=O) groups is 2. The van der Waals surface area contributed by atoms with Crippen molar-refractivity contribution < 1.29 is 14.0 Å². The molecule has 3 aliphatic rings. The molecule has 0 unspecified atom stereocenters. The van der Waals surface area contributed by atoms with Crippen LogP contribution in [-0.2, 0) is 14.0 Å². The Kier molecular flexibility index (Phi) is 7.14. The Labute approximate surface area is 191 Å². The van der Waals surface area contributed by atoms with E-state index < -0.39 is 13.7 Å². The van der Waals surface area contributed by atoms with Crippen LogP contribution in [0.25, 0.3) is 0 Å². The molecule has 0 aliphatic heterocycles. The number of hydrogen-bond acceptors (Lipinski definition) is 3. The Morgan fingerprint density at radius 2 is 1.61 bits per heavy atom. The zero-order valence-electron chi connectivity index (χ0n) is 21.2. The molecule has 6 atom stereocenters. The first-order chi connectivity index (χ1) is 14.5. The summed E-state index contributed by atoms with van der Waals surface area (Å²) in [4.78, 5) is 25.0. The van der Waals surface area contributed by atoms with E-state index in [1.165, 1.54) is 6.29 Å². The molecular formula is C27H46O3Si. The minimum absolute atomic E-state index is 0.0875. The van der Waals surface area contributed by atoms with Crippen LogP contribution in [0.5, 0.6) is 0 Å². The van der Waals surface area contributed by atoms with Gasteiger partial charge in [0.15, 0.2) is 0 Å². The second-order valence-corrected chi connectivity index (χ2v) is 17.4. The molecule has 0 amide bonds. The van der Waals surface area contributed by atoms with Crippen LogP contribution in [0.4, 0.5) is 0 Å². The van der Waals surface area contributed by atoms with Crippen LogP contribution in [0.15, 0.2) is 12.2 Å². The van der Waals surface area contributed by atoms with Crippen LogP contribution in [0, 0.1) is 28.6 Å². The summed E-state index contributed by atoms with van der Waals surface area (Å²) in [5, 5.41) is 0. The van der Waals surface area contributed by atoms with Crippen LogP contribution in [0.1, 0.15) is 93.9 Å². The predicted octanol–water partition coefficient (Wildman–Crippen LogP) is 7.11. The van der Waals surface area contributed by atoms with E-state index in [0.29, 0.717) is 47.1 Å². The van der Waals surface area contributed by atoms with E-state index >= 15 is 0 Å². The van der Waals surface area contributed by atoms with E-state index in [-0.39, 0.29) is 17.4 Å². The van der Waals surface area contributed by atoms with Crippen LogP contribution in [0.2, 0.25) is 16.6 Å². The van der Waals surface area contributed by atoms with Crippen LogP contribution in [-0.4, -0.2) is 26.5 Å². The third-order valence-electron chi connectivity index (χ3n) is 9.94. The molecule has 0 aromatic rings. The third kappa shape index (κ3) is 3.74. The van der Waals surface area contributed by atoms with Crippen molar-refractivity contribution in [1.29, 1.82) is 0 Å². The quantitative estimate of drug-likeness (QED) is 0.248. The van der Waals surface area contributed by atoms with Gasteiger partial charge in [-0.25, -0.2) is 0 Å². The van der Waals surface area contributed by atoms with E-state index in [1.54, 1.807) is 0 Å². The number of allylic oxidation sites excluding steroid dienone is 2. The van der Waals surface area contributed by atoms with E-state index in [9.17, 15) is 9.59 Å². The maximum absolute atomic E-state index is 12.8. The fraction of sp³-hybridized carbons (Fsp3) is 0.852. The Morgan fingerprint density at radius 3 is 2.16 bits per heavy atom. The van der Waals surface area contributed by atoms with Gasteiger partial charge in [0.1, 0.15) is 12.1 Å².